The van der Waals surface area contributed by atoms with Crippen LogP contribution in [0.3, 0.4) is 0 Å². The summed E-state index contributed by atoms with van der Waals surface area (Å²) >= 11 is 0. The second kappa shape index (κ2) is 10.5. The first-order chi connectivity index (χ1) is 16.0. The third-order valence-corrected chi connectivity index (χ3v) is 7.74. The van der Waals surface area contributed by atoms with Gasteiger partial charge in [-0.1, -0.05) is 105 Å². The first kappa shape index (κ1) is 28.1. The molecule has 6 aromatic carbocycles. The van der Waals surface area contributed by atoms with Crippen molar-refractivity contribution in [3.63, 3.8) is 0 Å². The molecular formula is C35H36Zr. The Bertz CT molecular complexity index is 1530. The van der Waals surface area contributed by atoms with Crippen LogP contribution in [0.5, 0.6) is 0 Å². The second-order valence-electron chi connectivity index (χ2n) is 9.92. The van der Waals surface area contributed by atoms with Crippen molar-refractivity contribution in [3.05, 3.63) is 122 Å². The molecule has 0 unspecified atom stereocenters. The van der Waals surface area contributed by atoms with Crippen LogP contribution in [0, 0.1) is 14.9 Å². The SMILES string of the molecule is CCc1[cH-]c2ccc3ccccc3c2c1C(C)(C)c1c(CC)[cH-]c2ccc3ccccc3c12.[CH3-].[CH3-].[Zr+4]. The van der Waals surface area contributed by atoms with Crippen molar-refractivity contribution in [1.82, 2.24) is 0 Å². The summed E-state index contributed by atoms with van der Waals surface area (Å²) in [6, 6.07) is 31.8. The summed E-state index contributed by atoms with van der Waals surface area (Å²) in [5, 5.41) is 11.0. The minimum Gasteiger partial charge on any atom is -0.358 e. The number of hydrogen-bond donors (Lipinski definition) is 0. The Morgan fingerprint density at radius 3 is 1.36 bits per heavy atom. The number of fused-ring (bicyclic) bond motifs is 6. The fraction of sp³-hybridized carbons (Fsp3) is 0.200. The zero-order valence-electron chi connectivity index (χ0n) is 22.5. The molecule has 0 amide bonds. The summed E-state index contributed by atoms with van der Waals surface area (Å²) in [6.07, 6.45) is 2.09. The molecule has 0 nitrogen and oxygen atoms in total. The van der Waals surface area contributed by atoms with Gasteiger partial charge in [-0.15, -0.1) is 68.1 Å². The van der Waals surface area contributed by atoms with Crippen LogP contribution in [-0.4, -0.2) is 0 Å². The average molecular weight is 548 g/mol. The molecule has 0 aliphatic carbocycles. The zero-order valence-corrected chi connectivity index (χ0v) is 25.0. The van der Waals surface area contributed by atoms with Gasteiger partial charge < -0.3 is 14.9 Å². The molecule has 0 radical (unpaired) electrons. The van der Waals surface area contributed by atoms with Crippen LogP contribution in [-0.2, 0) is 44.5 Å². The first-order valence-corrected chi connectivity index (χ1v) is 12.3. The molecule has 180 valence electrons. The molecule has 0 aliphatic rings. The van der Waals surface area contributed by atoms with Crippen LogP contribution in [0.1, 0.15) is 49.9 Å². The number of benzene rings is 4. The van der Waals surface area contributed by atoms with Crippen LogP contribution in [0.2, 0.25) is 0 Å². The normalized spacial score (nSPS) is 11.4. The van der Waals surface area contributed by atoms with E-state index >= 15 is 0 Å². The van der Waals surface area contributed by atoms with E-state index in [1.54, 1.807) is 0 Å². The van der Waals surface area contributed by atoms with Crippen molar-refractivity contribution in [2.24, 2.45) is 0 Å². The van der Waals surface area contributed by atoms with E-state index in [1.165, 1.54) is 65.3 Å². The molecule has 0 saturated carbocycles. The van der Waals surface area contributed by atoms with Crippen LogP contribution in [0.15, 0.2) is 84.9 Å². The summed E-state index contributed by atoms with van der Waals surface area (Å²) in [5.41, 5.74) is 5.85. The molecule has 0 heterocycles. The van der Waals surface area contributed by atoms with E-state index in [0.717, 1.165) is 12.8 Å². The van der Waals surface area contributed by atoms with Gasteiger partial charge in [-0.25, -0.2) is 0 Å². The molecule has 0 bridgehead atoms. The van der Waals surface area contributed by atoms with Gasteiger partial charge in [-0.2, -0.15) is 0 Å². The summed E-state index contributed by atoms with van der Waals surface area (Å²) < 4.78 is 0. The van der Waals surface area contributed by atoms with Crippen molar-refractivity contribution < 1.29 is 26.2 Å². The van der Waals surface area contributed by atoms with Gasteiger partial charge in [0.2, 0.25) is 0 Å². The van der Waals surface area contributed by atoms with Crippen molar-refractivity contribution in [1.29, 1.82) is 0 Å². The maximum Gasteiger partial charge on any atom is 4.00 e. The number of hydrogen-bond acceptors (Lipinski definition) is 0. The maximum atomic E-state index is 2.46. The third-order valence-electron chi connectivity index (χ3n) is 7.74. The minimum absolute atomic E-state index is 0. The quantitative estimate of drug-likeness (QED) is 0.193. The van der Waals surface area contributed by atoms with Crippen LogP contribution in [0.4, 0.5) is 0 Å². The van der Waals surface area contributed by atoms with E-state index in [2.05, 4.69) is 113 Å². The van der Waals surface area contributed by atoms with E-state index in [-0.39, 0.29) is 46.5 Å². The van der Waals surface area contributed by atoms with Gasteiger partial charge in [0.1, 0.15) is 0 Å². The van der Waals surface area contributed by atoms with E-state index in [1.807, 2.05) is 0 Å². The predicted molar refractivity (Wildman–Crippen MR) is 158 cm³/mol. The second-order valence-corrected chi connectivity index (χ2v) is 9.92. The van der Waals surface area contributed by atoms with Crippen molar-refractivity contribution >= 4 is 43.1 Å². The summed E-state index contributed by atoms with van der Waals surface area (Å²) in [4.78, 5) is 0. The number of rotatable bonds is 4. The Hall–Kier alpha value is -2.50. The summed E-state index contributed by atoms with van der Waals surface area (Å²) in [5.74, 6) is 0. The van der Waals surface area contributed by atoms with Gasteiger partial charge in [0.25, 0.3) is 0 Å². The fourth-order valence-electron chi connectivity index (χ4n) is 6.33. The largest absolute Gasteiger partial charge is 4.00 e. The Balaban J connectivity index is 0.00000120. The van der Waals surface area contributed by atoms with Gasteiger partial charge in [0.15, 0.2) is 0 Å². The average Bonchev–Trinajstić information content (AvgIpc) is 3.43. The molecule has 6 rings (SSSR count). The van der Waals surface area contributed by atoms with Crippen LogP contribution < -0.4 is 0 Å². The molecule has 6 aromatic rings. The standard InChI is InChI=1S/C33H30.2CH3.Zr/c1-5-21-19-25-17-15-23-11-7-9-13-27(23)29(25)31(21)33(3,4)32-22(6-2)20-26-18-16-24-12-8-10-14-28(24)30(26)32;;;/h7-20H,5-6H2,1-4H3;2*1H3;/q-2;2*-1;+4. The van der Waals surface area contributed by atoms with Crippen molar-refractivity contribution in [2.75, 3.05) is 0 Å². The Morgan fingerprint density at radius 2 is 0.972 bits per heavy atom. The van der Waals surface area contributed by atoms with Crippen molar-refractivity contribution in [2.45, 2.75) is 46.0 Å². The minimum atomic E-state index is -0.117. The molecule has 1 heteroatoms. The molecule has 0 aliphatic heterocycles. The Morgan fingerprint density at radius 1 is 0.583 bits per heavy atom. The van der Waals surface area contributed by atoms with E-state index in [4.69, 9.17) is 0 Å². The molecule has 0 spiro atoms. The molecular weight excluding hydrogens is 512 g/mol. The molecule has 0 N–H and O–H groups in total. The van der Waals surface area contributed by atoms with Gasteiger partial charge in [0.05, 0.1) is 0 Å². The van der Waals surface area contributed by atoms with Crippen molar-refractivity contribution in [3.8, 4) is 0 Å². The van der Waals surface area contributed by atoms with E-state index in [9.17, 15) is 0 Å². The third kappa shape index (κ3) is 4.01. The smallest absolute Gasteiger partial charge is 0.358 e. The fourth-order valence-corrected chi connectivity index (χ4v) is 6.33. The monoisotopic (exact) mass is 546 g/mol. The summed E-state index contributed by atoms with van der Waals surface area (Å²) in [6.45, 7) is 9.52. The van der Waals surface area contributed by atoms with E-state index < -0.39 is 0 Å². The molecule has 0 fully saturated rings. The molecule has 0 atom stereocenters. The Kier molecular flexibility index (Phi) is 8.17. The molecule has 0 aromatic heterocycles. The number of aryl methyl sites for hydroxylation is 2. The maximum absolute atomic E-state index is 2.46. The summed E-state index contributed by atoms with van der Waals surface area (Å²) in [7, 11) is 0. The van der Waals surface area contributed by atoms with Crippen LogP contribution in [0.25, 0.3) is 43.1 Å². The topological polar surface area (TPSA) is 0 Å². The van der Waals surface area contributed by atoms with E-state index in [0.29, 0.717) is 0 Å². The predicted octanol–water partition coefficient (Wildman–Crippen LogP) is 10.1. The van der Waals surface area contributed by atoms with Gasteiger partial charge in [-0.3, -0.25) is 0 Å². The van der Waals surface area contributed by atoms with Gasteiger partial charge >= 0.3 is 26.2 Å². The molecule has 0 saturated heterocycles. The van der Waals surface area contributed by atoms with Gasteiger partial charge in [0, 0.05) is 0 Å². The first-order valence-electron chi connectivity index (χ1n) is 12.3. The van der Waals surface area contributed by atoms with Crippen LogP contribution >= 0.6 is 0 Å². The zero-order chi connectivity index (χ0) is 22.7. The molecule has 36 heavy (non-hydrogen) atoms. The Labute approximate surface area is 236 Å². The van der Waals surface area contributed by atoms with Gasteiger partial charge in [-0.05, 0) is 23.6 Å².